The van der Waals surface area contributed by atoms with Crippen LogP contribution in [0.15, 0.2) is 84.0 Å². The van der Waals surface area contributed by atoms with Crippen molar-refractivity contribution in [2.75, 3.05) is 11.1 Å². The third-order valence-electron chi connectivity index (χ3n) is 4.46. The van der Waals surface area contributed by atoms with E-state index in [0.29, 0.717) is 16.5 Å². The van der Waals surface area contributed by atoms with Gasteiger partial charge in [-0.3, -0.25) is 9.89 Å². The molecule has 5 nitrogen and oxygen atoms in total. The Morgan fingerprint density at radius 2 is 1.70 bits per heavy atom. The highest BCUT2D eigenvalue weighted by atomic mass is 32.2. The van der Waals surface area contributed by atoms with Crippen LogP contribution in [0.2, 0.25) is 0 Å². The molecule has 0 fully saturated rings. The molecule has 150 valence electrons. The number of amides is 1. The van der Waals surface area contributed by atoms with E-state index in [1.165, 1.54) is 23.4 Å². The van der Waals surface area contributed by atoms with Gasteiger partial charge in [0.25, 0.3) is 0 Å². The van der Waals surface area contributed by atoms with Crippen molar-refractivity contribution in [3.63, 3.8) is 0 Å². The minimum Gasteiger partial charge on any atom is -0.325 e. The van der Waals surface area contributed by atoms with E-state index in [0.717, 1.165) is 17.7 Å². The molecule has 30 heavy (non-hydrogen) atoms. The van der Waals surface area contributed by atoms with E-state index >= 15 is 0 Å². The van der Waals surface area contributed by atoms with Gasteiger partial charge in [0.2, 0.25) is 11.1 Å². The zero-order valence-corrected chi connectivity index (χ0v) is 16.8. The molecule has 4 rings (SSSR count). The number of aromatic nitrogens is 3. The van der Waals surface area contributed by atoms with Gasteiger partial charge in [0.15, 0.2) is 5.82 Å². The van der Waals surface area contributed by atoms with E-state index in [9.17, 15) is 9.18 Å². The van der Waals surface area contributed by atoms with Gasteiger partial charge in [-0.2, -0.15) is 0 Å². The summed E-state index contributed by atoms with van der Waals surface area (Å²) in [5, 5.41) is 10.1. The molecule has 0 bridgehead atoms. The Labute approximate surface area is 177 Å². The Bertz CT molecular complexity index is 1150. The van der Waals surface area contributed by atoms with Crippen molar-refractivity contribution >= 4 is 23.4 Å². The average molecular weight is 418 g/mol. The summed E-state index contributed by atoms with van der Waals surface area (Å²) in [6.07, 6.45) is 0.733. The first-order valence-corrected chi connectivity index (χ1v) is 10.4. The van der Waals surface area contributed by atoms with Crippen molar-refractivity contribution in [1.29, 1.82) is 0 Å². The first kappa shape index (κ1) is 19.8. The number of aromatic amines is 1. The Morgan fingerprint density at radius 3 is 2.53 bits per heavy atom. The summed E-state index contributed by atoms with van der Waals surface area (Å²) in [5.41, 5.74) is 3.35. The molecule has 7 heteroatoms. The Hall–Kier alpha value is -3.45. The largest absolute Gasteiger partial charge is 0.325 e. The van der Waals surface area contributed by atoms with Crippen LogP contribution in [0.4, 0.5) is 10.1 Å². The highest BCUT2D eigenvalue weighted by Crippen LogP contribution is 2.23. The number of anilines is 1. The molecule has 0 atom stereocenters. The van der Waals surface area contributed by atoms with Crippen LogP contribution >= 0.6 is 11.8 Å². The number of rotatable bonds is 7. The number of nitrogens with zero attached hydrogens (tertiary/aromatic N) is 2. The SMILES string of the molecule is O=C(CSc1n[nH]c(-c2ccccc2F)n1)Nc1ccccc1Cc1ccccc1. The van der Waals surface area contributed by atoms with Gasteiger partial charge in [-0.15, -0.1) is 5.10 Å². The normalized spacial score (nSPS) is 10.7. The van der Waals surface area contributed by atoms with E-state index in [1.807, 2.05) is 42.5 Å². The van der Waals surface area contributed by atoms with E-state index in [4.69, 9.17) is 0 Å². The number of hydrogen-bond acceptors (Lipinski definition) is 4. The molecule has 0 aliphatic carbocycles. The number of H-pyrrole nitrogens is 1. The Morgan fingerprint density at radius 1 is 0.967 bits per heavy atom. The molecule has 0 aliphatic heterocycles. The van der Waals surface area contributed by atoms with Gasteiger partial charge < -0.3 is 5.32 Å². The second kappa shape index (κ2) is 9.37. The summed E-state index contributed by atoms with van der Waals surface area (Å²) in [4.78, 5) is 16.7. The predicted molar refractivity (Wildman–Crippen MR) is 117 cm³/mol. The Kier molecular flexibility index (Phi) is 6.20. The smallest absolute Gasteiger partial charge is 0.234 e. The fourth-order valence-electron chi connectivity index (χ4n) is 3.01. The average Bonchev–Trinajstić information content (AvgIpc) is 3.24. The topological polar surface area (TPSA) is 70.7 Å². The van der Waals surface area contributed by atoms with E-state index in [-0.39, 0.29) is 17.5 Å². The van der Waals surface area contributed by atoms with Crippen LogP contribution in [0.5, 0.6) is 0 Å². The molecule has 0 aliphatic rings. The minimum absolute atomic E-state index is 0.147. The monoisotopic (exact) mass is 418 g/mol. The molecule has 0 saturated heterocycles. The van der Waals surface area contributed by atoms with Gasteiger partial charge in [-0.05, 0) is 35.7 Å². The van der Waals surface area contributed by atoms with Crippen molar-refractivity contribution in [3.8, 4) is 11.4 Å². The van der Waals surface area contributed by atoms with Crippen LogP contribution in [0.1, 0.15) is 11.1 Å². The van der Waals surface area contributed by atoms with Crippen LogP contribution < -0.4 is 5.32 Å². The zero-order valence-electron chi connectivity index (χ0n) is 16.0. The van der Waals surface area contributed by atoms with Gasteiger partial charge in [0.1, 0.15) is 5.82 Å². The number of halogens is 1. The summed E-state index contributed by atoms with van der Waals surface area (Å²) in [5.74, 6) is -0.0474. The molecule has 0 unspecified atom stereocenters. The van der Waals surface area contributed by atoms with Crippen LogP contribution in [-0.4, -0.2) is 26.8 Å². The fourth-order valence-corrected chi connectivity index (χ4v) is 3.61. The Balaban J connectivity index is 1.38. The summed E-state index contributed by atoms with van der Waals surface area (Å²) in [7, 11) is 0. The lowest BCUT2D eigenvalue weighted by atomic mass is 10.0. The van der Waals surface area contributed by atoms with Crippen LogP contribution in [0.25, 0.3) is 11.4 Å². The molecule has 1 amide bonds. The summed E-state index contributed by atoms with van der Waals surface area (Å²) in [6, 6.07) is 24.2. The highest BCUT2D eigenvalue weighted by molar-refractivity contribution is 7.99. The highest BCUT2D eigenvalue weighted by Gasteiger charge is 2.12. The standard InChI is InChI=1S/C23H19FN4OS/c24-19-12-6-5-11-18(19)22-26-23(28-27-22)30-15-21(29)25-20-13-7-4-10-17(20)14-16-8-2-1-3-9-16/h1-13H,14-15H2,(H,25,29)(H,26,27,28). The van der Waals surface area contributed by atoms with Gasteiger partial charge in [0.05, 0.1) is 11.3 Å². The number of benzene rings is 3. The van der Waals surface area contributed by atoms with Crippen LogP contribution in [0.3, 0.4) is 0 Å². The zero-order chi connectivity index (χ0) is 20.8. The van der Waals surface area contributed by atoms with Crippen molar-refractivity contribution in [2.45, 2.75) is 11.6 Å². The lowest BCUT2D eigenvalue weighted by Gasteiger charge is -2.11. The van der Waals surface area contributed by atoms with Gasteiger partial charge in [-0.25, -0.2) is 9.37 Å². The van der Waals surface area contributed by atoms with Crippen molar-refractivity contribution in [3.05, 3.63) is 95.8 Å². The maximum Gasteiger partial charge on any atom is 0.234 e. The molecule has 0 radical (unpaired) electrons. The van der Waals surface area contributed by atoms with Gasteiger partial charge in [-0.1, -0.05) is 72.4 Å². The number of carbonyl (C=O) groups excluding carboxylic acids is 1. The summed E-state index contributed by atoms with van der Waals surface area (Å²) < 4.78 is 13.9. The maximum atomic E-state index is 13.9. The van der Waals surface area contributed by atoms with E-state index in [1.54, 1.807) is 18.2 Å². The predicted octanol–water partition coefficient (Wildman–Crippen LogP) is 4.93. The second-order valence-electron chi connectivity index (χ2n) is 6.60. The van der Waals surface area contributed by atoms with Crippen LogP contribution in [-0.2, 0) is 11.2 Å². The molecular formula is C23H19FN4OS. The number of para-hydroxylation sites is 1. The van der Waals surface area contributed by atoms with Crippen molar-refractivity contribution in [1.82, 2.24) is 15.2 Å². The van der Waals surface area contributed by atoms with Crippen LogP contribution in [0, 0.1) is 5.82 Å². The molecule has 1 aromatic heterocycles. The third kappa shape index (κ3) is 4.93. The number of hydrogen-bond donors (Lipinski definition) is 2. The molecule has 4 aromatic rings. The molecule has 0 spiro atoms. The van der Waals surface area contributed by atoms with E-state index in [2.05, 4.69) is 32.6 Å². The molecule has 3 aromatic carbocycles. The second-order valence-corrected chi connectivity index (χ2v) is 7.55. The van der Waals surface area contributed by atoms with Gasteiger partial charge >= 0.3 is 0 Å². The first-order chi connectivity index (χ1) is 14.7. The molecule has 1 heterocycles. The van der Waals surface area contributed by atoms with Crippen molar-refractivity contribution < 1.29 is 9.18 Å². The lowest BCUT2D eigenvalue weighted by Crippen LogP contribution is -2.15. The summed E-state index contributed by atoms with van der Waals surface area (Å²) >= 11 is 1.19. The van der Waals surface area contributed by atoms with Crippen molar-refractivity contribution in [2.24, 2.45) is 0 Å². The number of nitrogens with one attached hydrogen (secondary N) is 2. The van der Waals surface area contributed by atoms with E-state index < -0.39 is 0 Å². The number of carbonyl (C=O) groups is 1. The molecular weight excluding hydrogens is 399 g/mol. The fraction of sp³-hybridized carbons (Fsp3) is 0.0870. The third-order valence-corrected chi connectivity index (χ3v) is 5.30. The quantitative estimate of drug-likeness (QED) is 0.418. The lowest BCUT2D eigenvalue weighted by molar-refractivity contribution is -0.113. The van der Waals surface area contributed by atoms with Gasteiger partial charge in [0, 0.05) is 5.69 Å². The maximum absolute atomic E-state index is 13.9. The summed E-state index contributed by atoms with van der Waals surface area (Å²) in [6.45, 7) is 0. The minimum atomic E-state index is -0.377. The number of thioether (sulfide) groups is 1. The first-order valence-electron chi connectivity index (χ1n) is 9.41. The molecule has 2 N–H and O–H groups in total. The molecule has 0 saturated carbocycles.